The summed E-state index contributed by atoms with van der Waals surface area (Å²) in [6, 6.07) is 4.15. The summed E-state index contributed by atoms with van der Waals surface area (Å²) in [5, 5.41) is 2.87. The minimum Gasteiger partial charge on any atom is -0.352 e. The second-order valence-electron chi connectivity index (χ2n) is 5.99. The van der Waals surface area contributed by atoms with Crippen LogP contribution in [0.3, 0.4) is 0 Å². The number of piperidine rings is 1. The maximum atomic E-state index is 13.7. The number of amides is 1. The number of nitrogens with zero attached hydrogens (tertiary/aromatic N) is 1. The van der Waals surface area contributed by atoms with Crippen molar-refractivity contribution >= 4 is 15.9 Å². The van der Waals surface area contributed by atoms with Crippen molar-refractivity contribution in [2.75, 3.05) is 19.6 Å². The molecular weight excluding hydrogens is 333 g/mol. The number of likely N-dealkylation sites (tertiary alicyclic amines) is 1. The van der Waals surface area contributed by atoms with Gasteiger partial charge >= 0.3 is 0 Å². The van der Waals surface area contributed by atoms with Gasteiger partial charge in [-0.2, -0.15) is 4.72 Å². The molecule has 2 rings (SSSR count). The largest absolute Gasteiger partial charge is 0.352 e. The van der Waals surface area contributed by atoms with Gasteiger partial charge in [0.25, 0.3) is 0 Å². The number of hydrogen-bond donors (Lipinski definition) is 2. The molecule has 1 heterocycles. The lowest BCUT2D eigenvalue weighted by Gasteiger charge is -2.32. The molecule has 6 nitrogen and oxygen atoms in total. The van der Waals surface area contributed by atoms with Gasteiger partial charge in [0, 0.05) is 19.1 Å². The number of hydrogen-bond acceptors (Lipinski definition) is 4. The maximum absolute atomic E-state index is 13.7. The monoisotopic (exact) mass is 357 g/mol. The number of halogens is 1. The highest BCUT2D eigenvalue weighted by Crippen LogP contribution is 2.14. The van der Waals surface area contributed by atoms with Crippen molar-refractivity contribution in [2.45, 2.75) is 43.7 Å². The van der Waals surface area contributed by atoms with Gasteiger partial charge in [-0.1, -0.05) is 19.1 Å². The van der Waals surface area contributed by atoms with Crippen LogP contribution in [0.5, 0.6) is 0 Å². The molecule has 1 aromatic carbocycles. The summed E-state index contributed by atoms with van der Waals surface area (Å²) in [4.78, 5) is 14.1. The third-order valence-electron chi connectivity index (χ3n) is 4.23. The minimum absolute atomic E-state index is 0.0423. The zero-order chi connectivity index (χ0) is 17.7. The van der Waals surface area contributed by atoms with E-state index >= 15 is 0 Å². The molecule has 0 spiro atoms. The van der Waals surface area contributed by atoms with Crippen LogP contribution in [0, 0.1) is 5.82 Å². The van der Waals surface area contributed by atoms with Crippen LogP contribution in [-0.4, -0.2) is 50.9 Å². The van der Waals surface area contributed by atoms with Crippen LogP contribution in [0.1, 0.15) is 26.7 Å². The molecule has 1 aromatic rings. The summed E-state index contributed by atoms with van der Waals surface area (Å²) in [7, 11) is -4.08. The Morgan fingerprint density at radius 1 is 1.33 bits per heavy atom. The van der Waals surface area contributed by atoms with Gasteiger partial charge in [0.15, 0.2) is 0 Å². The van der Waals surface area contributed by atoms with E-state index in [4.69, 9.17) is 0 Å². The summed E-state index contributed by atoms with van der Waals surface area (Å²) in [5.41, 5.74) is 0. The fraction of sp³-hybridized carbons (Fsp3) is 0.562. The predicted octanol–water partition coefficient (Wildman–Crippen LogP) is 1.09. The summed E-state index contributed by atoms with van der Waals surface area (Å²) >= 11 is 0. The molecule has 1 aliphatic heterocycles. The Labute approximate surface area is 142 Å². The van der Waals surface area contributed by atoms with E-state index in [-0.39, 0.29) is 6.04 Å². The molecule has 8 heteroatoms. The Bertz CT molecular complexity index is 673. The van der Waals surface area contributed by atoms with Crippen molar-refractivity contribution in [3.05, 3.63) is 30.1 Å². The van der Waals surface area contributed by atoms with Crippen LogP contribution in [-0.2, 0) is 14.8 Å². The third kappa shape index (κ3) is 4.75. The molecule has 0 aliphatic carbocycles. The van der Waals surface area contributed by atoms with E-state index in [1.807, 2.05) is 0 Å². The molecule has 0 unspecified atom stereocenters. The van der Waals surface area contributed by atoms with Crippen molar-refractivity contribution in [1.29, 1.82) is 0 Å². The predicted molar refractivity (Wildman–Crippen MR) is 89.5 cm³/mol. The van der Waals surface area contributed by atoms with Gasteiger partial charge in [-0.05, 0) is 38.4 Å². The van der Waals surface area contributed by atoms with Crippen LogP contribution in [0.25, 0.3) is 0 Å². The lowest BCUT2D eigenvalue weighted by atomic mass is 10.0. The summed E-state index contributed by atoms with van der Waals surface area (Å²) in [6.07, 6.45) is 1.68. The van der Waals surface area contributed by atoms with E-state index in [2.05, 4.69) is 21.9 Å². The molecule has 1 aliphatic rings. The molecule has 134 valence electrons. The van der Waals surface area contributed by atoms with E-state index in [0.717, 1.165) is 38.5 Å². The van der Waals surface area contributed by atoms with Crippen LogP contribution in [0.15, 0.2) is 29.2 Å². The van der Waals surface area contributed by atoms with Crippen molar-refractivity contribution in [3.8, 4) is 0 Å². The van der Waals surface area contributed by atoms with Crippen molar-refractivity contribution in [1.82, 2.24) is 14.9 Å². The van der Waals surface area contributed by atoms with Crippen LogP contribution < -0.4 is 10.0 Å². The fourth-order valence-electron chi connectivity index (χ4n) is 2.73. The minimum atomic E-state index is -4.08. The normalized spacial score (nSPS) is 18.3. The average Bonchev–Trinajstić information content (AvgIpc) is 2.55. The Morgan fingerprint density at radius 3 is 2.54 bits per heavy atom. The molecule has 1 saturated heterocycles. The van der Waals surface area contributed by atoms with Gasteiger partial charge in [-0.25, -0.2) is 12.8 Å². The van der Waals surface area contributed by atoms with Gasteiger partial charge in [-0.15, -0.1) is 0 Å². The first-order chi connectivity index (χ1) is 11.3. The van der Waals surface area contributed by atoms with Gasteiger partial charge in [-0.3, -0.25) is 4.79 Å². The first-order valence-corrected chi connectivity index (χ1v) is 9.61. The number of rotatable bonds is 6. The van der Waals surface area contributed by atoms with Crippen LogP contribution in [0.2, 0.25) is 0 Å². The molecule has 1 fully saturated rings. The topological polar surface area (TPSA) is 78.5 Å². The molecule has 0 saturated carbocycles. The van der Waals surface area contributed by atoms with E-state index in [1.54, 1.807) is 0 Å². The van der Waals surface area contributed by atoms with Gasteiger partial charge in [0.05, 0.1) is 6.04 Å². The lowest BCUT2D eigenvalue weighted by Crippen LogP contribution is -2.51. The molecule has 24 heavy (non-hydrogen) atoms. The molecular formula is C16H24FN3O3S. The second kappa shape index (κ2) is 8.04. The first kappa shape index (κ1) is 18.8. The molecule has 0 bridgehead atoms. The van der Waals surface area contributed by atoms with E-state index in [1.165, 1.54) is 25.1 Å². The smallest absolute Gasteiger partial charge is 0.244 e. The maximum Gasteiger partial charge on any atom is 0.244 e. The van der Waals surface area contributed by atoms with E-state index in [9.17, 15) is 17.6 Å². The van der Waals surface area contributed by atoms with Crippen LogP contribution >= 0.6 is 0 Å². The zero-order valence-corrected chi connectivity index (χ0v) is 14.8. The quantitative estimate of drug-likeness (QED) is 0.799. The fourth-order valence-corrected chi connectivity index (χ4v) is 4.01. The lowest BCUT2D eigenvalue weighted by molar-refractivity contribution is -0.123. The van der Waals surface area contributed by atoms with Gasteiger partial charge in [0.2, 0.25) is 15.9 Å². The average molecular weight is 357 g/mol. The number of sulfonamides is 1. The van der Waals surface area contributed by atoms with E-state index in [0.29, 0.717) is 0 Å². The molecule has 0 aromatic heterocycles. The Morgan fingerprint density at radius 2 is 1.96 bits per heavy atom. The second-order valence-corrected chi connectivity index (χ2v) is 7.67. The summed E-state index contributed by atoms with van der Waals surface area (Å²) in [5.74, 6) is -1.24. The third-order valence-corrected chi connectivity index (χ3v) is 5.81. The summed E-state index contributed by atoms with van der Waals surface area (Å²) < 4.78 is 40.3. The highest BCUT2D eigenvalue weighted by Gasteiger charge is 2.26. The summed E-state index contributed by atoms with van der Waals surface area (Å²) in [6.45, 7) is 6.36. The first-order valence-electron chi connectivity index (χ1n) is 8.13. The molecule has 1 atom stereocenters. The number of carbonyl (C=O) groups is 1. The van der Waals surface area contributed by atoms with Crippen molar-refractivity contribution < 1.29 is 17.6 Å². The molecule has 2 N–H and O–H groups in total. The van der Waals surface area contributed by atoms with Crippen LogP contribution in [0.4, 0.5) is 4.39 Å². The molecule has 1 amide bonds. The van der Waals surface area contributed by atoms with Crippen molar-refractivity contribution in [2.24, 2.45) is 0 Å². The highest BCUT2D eigenvalue weighted by molar-refractivity contribution is 7.89. The highest BCUT2D eigenvalue weighted by atomic mass is 32.2. The zero-order valence-electron chi connectivity index (χ0n) is 14.0. The van der Waals surface area contributed by atoms with Crippen molar-refractivity contribution in [3.63, 3.8) is 0 Å². The Kier molecular flexibility index (Phi) is 6.31. The Hall–Kier alpha value is -1.51. The van der Waals surface area contributed by atoms with Gasteiger partial charge in [0.1, 0.15) is 10.7 Å². The number of carbonyl (C=O) groups excluding carboxylic acids is 1. The number of benzene rings is 1. The number of nitrogens with one attached hydrogen (secondary N) is 2. The Balaban J connectivity index is 1.93. The standard InChI is InChI=1S/C16H24FN3O3S/c1-3-20-10-8-13(9-11-20)18-16(21)12(2)19-24(22,23)15-7-5-4-6-14(15)17/h4-7,12-13,19H,3,8-11H2,1-2H3,(H,18,21)/t12-/m0/s1. The van der Waals surface area contributed by atoms with E-state index < -0.39 is 32.7 Å². The SMILES string of the molecule is CCN1CCC(NC(=O)[C@H](C)NS(=O)(=O)c2ccccc2F)CC1. The van der Waals surface area contributed by atoms with Gasteiger partial charge < -0.3 is 10.2 Å². The molecule has 0 radical (unpaired) electrons.